The van der Waals surface area contributed by atoms with E-state index in [2.05, 4.69) is 28.2 Å². The molecule has 1 N–H and O–H groups in total. The maximum Gasteiger partial charge on any atom is 0.338 e. The van der Waals surface area contributed by atoms with Gasteiger partial charge in [-0.2, -0.15) is 0 Å². The van der Waals surface area contributed by atoms with Gasteiger partial charge >= 0.3 is 5.97 Å². The Bertz CT molecular complexity index is 484. The van der Waals surface area contributed by atoms with Crippen molar-refractivity contribution in [3.8, 4) is 0 Å². The lowest BCUT2D eigenvalue weighted by molar-refractivity contribution is 0.0526. The Morgan fingerprint density at radius 2 is 2.10 bits per heavy atom. The van der Waals surface area contributed by atoms with Crippen LogP contribution >= 0.6 is 15.9 Å². The first kappa shape index (κ1) is 16.3. The van der Waals surface area contributed by atoms with Crippen LogP contribution in [-0.2, 0) is 4.74 Å². The fourth-order valence-electron chi connectivity index (χ4n) is 2.97. The van der Waals surface area contributed by atoms with Crippen molar-refractivity contribution in [2.24, 2.45) is 5.92 Å². The average Bonchev–Trinajstić information content (AvgIpc) is 2.50. The Balaban J connectivity index is 2.01. The molecule has 1 aromatic rings. The van der Waals surface area contributed by atoms with Crippen LogP contribution in [0.2, 0.25) is 0 Å². The third kappa shape index (κ3) is 4.47. The molecular weight excluding hydrogens is 330 g/mol. The molecule has 0 amide bonds. The van der Waals surface area contributed by atoms with Crippen molar-refractivity contribution in [1.82, 2.24) is 0 Å². The van der Waals surface area contributed by atoms with E-state index in [9.17, 15) is 4.79 Å². The van der Waals surface area contributed by atoms with Crippen LogP contribution in [0.3, 0.4) is 0 Å². The van der Waals surface area contributed by atoms with Gasteiger partial charge in [0.05, 0.1) is 12.2 Å². The van der Waals surface area contributed by atoms with E-state index in [1.54, 1.807) is 0 Å². The predicted molar refractivity (Wildman–Crippen MR) is 89.8 cm³/mol. The zero-order valence-electron chi connectivity index (χ0n) is 12.8. The SMILES string of the molecule is CCOC(=O)c1ccc(NC(C)C2CCCCC2)c(Br)c1. The molecule has 0 heterocycles. The number of carbonyl (C=O) groups excluding carboxylic acids is 1. The van der Waals surface area contributed by atoms with Crippen LogP contribution in [0.5, 0.6) is 0 Å². The summed E-state index contributed by atoms with van der Waals surface area (Å²) >= 11 is 3.55. The van der Waals surface area contributed by atoms with Crippen molar-refractivity contribution in [3.63, 3.8) is 0 Å². The molecule has 1 saturated carbocycles. The maximum atomic E-state index is 11.7. The Kier molecular flexibility index (Phi) is 6.09. The molecular formula is C17H24BrNO2. The summed E-state index contributed by atoms with van der Waals surface area (Å²) in [6.45, 7) is 4.46. The fraction of sp³-hybridized carbons (Fsp3) is 0.588. The van der Waals surface area contributed by atoms with Gasteiger partial charge in [0.1, 0.15) is 0 Å². The lowest BCUT2D eigenvalue weighted by Crippen LogP contribution is -2.27. The summed E-state index contributed by atoms with van der Waals surface area (Å²) in [5.74, 6) is 0.473. The van der Waals surface area contributed by atoms with Gasteiger partial charge in [-0.3, -0.25) is 0 Å². The summed E-state index contributed by atoms with van der Waals surface area (Å²) in [4.78, 5) is 11.7. The molecule has 0 aromatic heterocycles. The van der Waals surface area contributed by atoms with Gasteiger partial charge in [-0.05, 0) is 66.7 Å². The van der Waals surface area contributed by atoms with Gasteiger partial charge in [-0.1, -0.05) is 19.3 Å². The van der Waals surface area contributed by atoms with E-state index in [0.717, 1.165) is 16.1 Å². The Morgan fingerprint density at radius 1 is 1.38 bits per heavy atom. The number of anilines is 1. The zero-order valence-corrected chi connectivity index (χ0v) is 14.4. The van der Waals surface area contributed by atoms with Crippen LogP contribution in [0, 0.1) is 5.92 Å². The smallest absolute Gasteiger partial charge is 0.338 e. The number of rotatable bonds is 5. The number of esters is 1. The van der Waals surface area contributed by atoms with E-state index < -0.39 is 0 Å². The Labute approximate surface area is 135 Å². The number of hydrogen-bond acceptors (Lipinski definition) is 3. The van der Waals surface area contributed by atoms with Crippen LogP contribution in [0.15, 0.2) is 22.7 Å². The molecule has 1 aromatic carbocycles. The van der Waals surface area contributed by atoms with Gasteiger partial charge in [-0.15, -0.1) is 0 Å². The highest BCUT2D eigenvalue weighted by Gasteiger charge is 2.20. The standard InChI is InChI=1S/C17H24BrNO2/c1-3-21-17(20)14-9-10-16(15(18)11-14)19-12(2)13-7-5-4-6-8-13/h9-13,19H,3-8H2,1-2H3. The molecule has 4 heteroatoms. The fourth-order valence-corrected chi connectivity index (χ4v) is 3.46. The van der Waals surface area contributed by atoms with Crippen molar-refractivity contribution in [2.75, 3.05) is 11.9 Å². The van der Waals surface area contributed by atoms with Gasteiger partial charge in [0.15, 0.2) is 0 Å². The summed E-state index contributed by atoms with van der Waals surface area (Å²) in [5.41, 5.74) is 1.63. The molecule has 0 spiro atoms. The van der Waals surface area contributed by atoms with Crippen molar-refractivity contribution >= 4 is 27.6 Å². The predicted octanol–water partition coefficient (Wildman–Crippen LogP) is 5.01. The second-order valence-electron chi connectivity index (χ2n) is 5.75. The summed E-state index contributed by atoms with van der Waals surface area (Å²) in [7, 11) is 0. The topological polar surface area (TPSA) is 38.3 Å². The monoisotopic (exact) mass is 353 g/mol. The molecule has 1 atom stereocenters. The van der Waals surface area contributed by atoms with Crippen molar-refractivity contribution < 1.29 is 9.53 Å². The minimum absolute atomic E-state index is 0.273. The maximum absolute atomic E-state index is 11.7. The number of hydrogen-bond donors (Lipinski definition) is 1. The van der Waals surface area contributed by atoms with Crippen molar-refractivity contribution in [3.05, 3.63) is 28.2 Å². The van der Waals surface area contributed by atoms with Gasteiger partial charge in [0, 0.05) is 16.2 Å². The van der Waals surface area contributed by atoms with Gasteiger partial charge in [-0.25, -0.2) is 4.79 Å². The summed E-state index contributed by atoms with van der Waals surface area (Å²) in [5, 5.41) is 3.58. The van der Waals surface area contributed by atoms with Crippen LogP contribution < -0.4 is 5.32 Å². The van der Waals surface area contributed by atoms with E-state index in [4.69, 9.17) is 4.74 Å². The first-order chi connectivity index (χ1) is 10.1. The first-order valence-electron chi connectivity index (χ1n) is 7.85. The highest BCUT2D eigenvalue weighted by Crippen LogP contribution is 2.30. The minimum atomic E-state index is -0.273. The molecule has 21 heavy (non-hydrogen) atoms. The Hall–Kier alpha value is -1.03. The largest absolute Gasteiger partial charge is 0.462 e. The summed E-state index contributed by atoms with van der Waals surface area (Å²) in [6.07, 6.45) is 6.69. The molecule has 116 valence electrons. The van der Waals surface area contributed by atoms with E-state index >= 15 is 0 Å². The zero-order chi connectivity index (χ0) is 15.2. The molecule has 3 nitrogen and oxygen atoms in total. The molecule has 1 aliphatic rings. The molecule has 1 fully saturated rings. The lowest BCUT2D eigenvalue weighted by Gasteiger charge is -2.29. The van der Waals surface area contributed by atoms with E-state index in [1.165, 1.54) is 32.1 Å². The molecule has 0 radical (unpaired) electrons. The van der Waals surface area contributed by atoms with Gasteiger partial charge in [0.25, 0.3) is 0 Å². The van der Waals surface area contributed by atoms with Gasteiger partial charge < -0.3 is 10.1 Å². The summed E-state index contributed by atoms with van der Waals surface area (Å²) < 4.78 is 5.93. The van der Waals surface area contributed by atoms with Crippen LogP contribution in [0.4, 0.5) is 5.69 Å². The van der Waals surface area contributed by atoms with Gasteiger partial charge in [0.2, 0.25) is 0 Å². The number of carbonyl (C=O) groups is 1. The quantitative estimate of drug-likeness (QED) is 0.756. The van der Waals surface area contributed by atoms with Crippen LogP contribution in [0.25, 0.3) is 0 Å². The highest BCUT2D eigenvalue weighted by molar-refractivity contribution is 9.10. The number of ether oxygens (including phenoxy) is 1. The van der Waals surface area contributed by atoms with E-state index in [0.29, 0.717) is 18.2 Å². The second kappa shape index (κ2) is 7.83. The van der Waals surface area contributed by atoms with E-state index in [1.807, 2.05) is 25.1 Å². The normalized spacial score (nSPS) is 17.3. The first-order valence-corrected chi connectivity index (χ1v) is 8.64. The third-order valence-electron chi connectivity index (χ3n) is 4.22. The average molecular weight is 354 g/mol. The van der Waals surface area contributed by atoms with Crippen molar-refractivity contribution in [2.45, 2.75) is 52.0 Å². The number of halogens is 1. The highest BCUT2D eigenvalue weighted by atomic mass is 79.9. The van der Waals surface area contributed by atoms with Crippen LogP contribution in [0.1, 0.15) is 56.3 Å². The van der Waals surface area contributed by atoms with Crippen molar-refractivity contribution in [1.29, 1.82) is 0 Å². The molecule has 0 bridgehead atoms. The van der Waals surface area contributed by atoms with E-state index in [-0.39, 0.29) is 5.97 Å². The number of benzene rings is 1. The summed E-state index contributed by atoms with van der Waals surface area (Å²) in [6, 6.07) is 6.05. The molecule has 2 rings (SSSR count). The number of nitrogens with one attached hydrogen (secondary N) is 1. The molecule has 0 aliphatic heterocycles. The molecule has 1 unspecified atom stereocenters. The molecule has 0 saturated heterocycles. The second-order valence-corrected chi connectivity index (χ2v) is 6.60. The lowest BCUT2D eigenvalue weighted by atomic mass is 9.84. The van der Waals surface area contributed by atoms with Crippen LogP contribution in [-0.4, -0.2) is 18.6 Å². The minimum Gasteiger partial charge on any atom is -0.462 e. The third-order valence-corrected chi connectivity index (χ3v) is 4.88. The Morgan fingerprint density at radius 3 is 2.71 bits per heavy atom. The molecule has 1 aliphatic carbocycles.